The van der Waals surface area contributed by atoms with Gasteiger partial charge in [0.15, 0.2) is 5.96 Å². The van der Waals surface area contributed by atoms with E-state index in [9.17, 15) is 0 Å². The number of hydrogen-bond acceptors (Lipinski definition) is 3. The fourth-order valence-electron chi connectivity index (χ4n) is 1.77. The van der Waals surface area contributed by atoms with Crippen molar-refractivity contribution in [1.29, 1.82) is 0 Å². The first-order valence-electron chi connectivity index (χ1n) is 6.95. The van der Waals surface area contributed by atoms with Gasteiger partial charge in [-0.25, -0.2) is 4.99 Å². The molecule has 21 heavy (non-hydrogen) atoms. The number of aliphatic imine (C=N–C) groups is 1. The predicted molar refractivity (Wildman–Crippen MR) is 97.0 cm³/mol. The summed E-state index contributed by atoms with van der Waals surface area (Å²) < 4.78 is 10.4. The van der Waals surface area contributed by atoms with Crippen LogP contribution in [0.15, 0.2) is 29.3 Å². The van der Waals surface area contributed by atoms with Gasteiger partial charge >= 0.3 is 0 Å². The highest BCUT2D eigenvalue weighted by atomic mass is 127. The number of methoxy groups -OCH3 is 1. The first kappa shape index (κ1) is 20.1. The van der Waals surface area contributed by atoms with Gasteiger partial charge in [-0.05, 0) is 24.5 Å². The summed E-state index contributed by atoms with van der Waals surface area (Å²) in [5, 5.41) is 3.08. The number of halogens is 1. The van der Waals surface area contributed by atoms with Crippen LogP contribution in [0.1, 0.15) is 24.5 Å². The maximum atomic E-state index is 5.83. The van der Waals surface area contributed by atoms with Gasteiger partial charge in [0, 0.05) is 26.9 Å². The van der Waals surface area contributed by atoms with Crippen molar-refractivity contribution in [2.45, 2.75) is 26.5 Å². The van der Waals surface area contributed by atoms with E-state index in [4.69, 9.17) is 15.2 Å². The Hall–Kier alpha value is -0.860. The Labute approximate surface area is 144 Å². The van der Waals surface area contributed by atoms with E-state index in [1.807, 2.05) is 31.2 Å². The molecule has 0 spiro atoms. The molecule has 0 unspecified atom stereocenters. The lowest BCUT2D eigenvalue weighted by Gasteiger charge is -2.08. The second kappa shape index (κ2) is 12.8. The second-order valence-electron chi connectivity index (χ2n) is 4.38. The predicted octanol–water partition coefficient (Wildman–Crippen LogP) is 2.28. The highest BCUT2D eigenvalue weighted by Crippen LogP contribution is 2.10. The van der Waals surface area contributed by atoms with Crippen LogP contribution in [0, 0.1) is 0 Å². The van der Waals surface area contributed by atoms with Crippen LogP contribution in [-0.4, -0.2) is 32.8 Å². The summed E-state index contributed by atoms with van der Waals surface area (Å²) >= 11 is 0. The summed E-state index contributed by atoms with van der Waals surface area (Å²) in [5.74, 6) is 0.466. The Kier molecular flexibility index (Phi) is 12.3. The van der Waals surface area contributed by atoms with E-state index in [1.54, 1.807) is 7.11 Å². The minimum absolute atomic E-state index is 0. The van der Waals surface area contributed by atoms with Gasteiger partial charge in [0.05, 0.1) is 13.2 Å². The van der Waals surface area contributed by atoms with Gasteiger partial charge in [-0.15, -0.1) is 24.0 Å². The number of nitrogens with zero attached hydrogens (tertiary/aromatic N) is 1. The molecule has 0 saturated heterocycles. The molecule has 1 rings (SSSR count). The van der Waals surface area contributed by atoms with Crippen LogP contribution in [0.3, 0.4) is 0 Å². The zero-order valence-electron chi connectivity index (χ0n) is 12.8. The Morgan fingerprint density at radius 2 is 2.00 bits per heavy atom. The third-order valence-corrected chi connectivity index (χ3v) is 2.81. The standard InChI is InChI=1S/C15H25N3O2.HI/c1-3-20-10-6-9-17-15(16)18-11-13-7-4-5-8-14(13)12-19-2;/h4-5,7-8H,3,6,9-12H2,1-2H3,(H3,16,17,18);1H. The van der Waals surface area contributed by atoms with E-state index in [-0.39, 0.29) is 24.0 Å². The normalized spacial score (nSPS) is 11.0. The van der Waals surface area contributed by atoms with Gasteiger partial charge in [0.25, 0.3) is 0 Å². The molecule has 0 heterocycles. The van der Waals surface area contributed by atoms with Crippen LogP contribution < -0.4 is 11.1 Å². The molecule has 0 amide bonds. The van der Waals surface area contributed by atoms with Crippen molar-refractivity contribution in [3.63, 3.8) is 0 Å². The molecule has 1 aromatic carbocycles. The van der Waals surface area contributed by atoms with Gasteiger partial charge in [0.2, 0.25) is 0 Å². The second-order valence-corrected chi connectivity index (χ2v) is 4.38. The Balaban J connectivity index is 0.00000400. The van der Waals surface area contributed by atoms with Crippen molar-refractivity contribution in [3.8, 4) is 0 Å². The molecule has 0 fully saturated rings. The topological polar surface area (TPSA) is 68.9 Å². The number of nitrogens with two attached hydrogens (primary N) is 1. The molecule has 120 valence electrons. The van der Waals surface area contributed by atoms with Gasteiger partial charge < -0.3 is 20.5 Å². The minimum Gasteiger partial charge on any atom is -0.382 e. The van der Waals surface area contributed by atoms with Gasteiger partial charge in [-0.3, -0.25) is 0 Å². The first-order valence-corrected chi connectivity index (χ1v) is 6.95. The largest absolute Gasteiger partial charge is 0.382 e. The molecule has 1 aromatic rings. The molecule has 0 aliphatic rings. The zero-order valence-corrected chi connectivity index (χ0v) is 15.1. The summed E-state index contributed by atoms with van der Waals surface area (Å²) in [5.41, 5.74) is 8.10. The van der Waals surface area contributed by atoms with Crippen molar-refractivity contribution >= 4 is 29.9 Å². The third kappa shape index (κ3) is 8.90. The van der Waals surface area contributed by atoms with Crippen LogP contribution in [0.5, 0.6) is 0 Å². The number of nitrogens with one attached hydrogen (secondary N) is 1. The van der Waals surface area contributed by atoms with E-state index in [1.165, 1.54) is 0 Å². The lowest BCUT2D eigenvalue weighted by Crippen LogP contribution is -2.32. The SMILES string of the molecule is CCOCCCNC(N)=NCc1ccccc1COC.I. The number of guanidine groups is 1. The number of ether oxygens (including phenoxy) is 2. The Morgan fingerprint density at radius 3 is 2.67 bits per heavy atom. The molecule has 0 aliphatic carbocycles. The summed E-state index contributed by atoms with van der Waals surface area (Å²) in [6, 6.07) is 8.08. The maximum absolute atomic E-state index is 5.83. The molecular formula is C15H26IN3O2. The summed E-state index contributed by atoms with van der Waals surface area (Å²) in [6.45, 7) is 5.40. The maximum Gasteiger partial charge on any atom is 0.188 e. The molecular weight excluding hydrogens is 381 g/mol. The number of rotatable bonds is 9. The molecule has 0 radical (unpaired) electrons. The van der Waals surface area contributed by atoms with E-state index >= 15 is 0 Å². The average molecular weight is 407 g/mol. The quantitative estimate of drug-likeness (QED) is 0.285. The zero-order chi connectivity index (χ0) is 14.6. The summed E-state index contributed by atoms with van der Waals surface area (Å²) in [4.78, 5) is 4.34. The highest BCUT2D eigenvalue weighted by Gasteiger charge is 2.00. The van der Waals surface area contributed by atoms with E-state index in [0.717, 1.165) is 37.3 Å². The lowest BCUT2D eigenvalue weighted by molar-refractivity contribution is 0.145. The van der Waals surface area contributed by atoms with E-state index in [0.29, 0.717) is 19.1 Å². The molecule has 0 atom stereocenters. The molecule has 6 heteroatoms. The van der Waals surface area contributed by atoms with Crippen molar-refractivity contribution in [1.82, 2.24) is 5.32 Å². The van der Waals surface area contributed by atoms with Crippen LogP contribution in [0.2, 0.25) is 0 Å². The Bertz CT molecular complexity index is 414. The first-order chi connectivity index (χ1) is 9.77. The van der Waals surface area contributed by atoms with Gasteiger partial charge in [0.1, 0.15) is 0 Å². The minimum atomic E-state index is 0. The fourth-order valence-corrected chi connectivity index (χ4v) is 1.77. The molecule has 0 saturated carbocycles. The monoisotopic (exact) mass is 407 g/mol. The highest BCUT2D eigenvalue weighted by molar-refractivity contribution is 14.0. The third-order valence-electron chi connectivity index (χ3n) is 2.81. The molecule has 5 nitrogen and oxygen atoms in total. The van der Waals surface area contributed by atoms with Crippen LogP contribution in [-0.2, 0) is 22.6 Å². The Morgan fingerprint density at radius 1 is 1.29 bits per heavy atom. The van der Waals surface area contributed by atoms with Gasteiger partial charge in [-0.1, -0.05) is 24.3 Å². The van der Waals surface area contributed by atoms with Crippen LogP contribution in [0.25, 0.3) is 0 Å². The van der Waals surface area contributed by atoms with Crippen molar-refractivity contribution in [2.24, 2.45) is 10.7 Å². The molecule has 3 N–H and O–H groups in total. The fraction of sp³-hybridized carbons (Fsp3) is 0.533. The van der Waals surface area contributed by atoms with Crippen LogP contribution in [0.4, 0.5) is 0 Å². The summed E-state index contributed by atoms with van der Waals surface area (Å²) in [7, 11) is 1.69. The van der Waals surface area contributed by atoms with E-state index < -0.39 is 0 Å². The summed E-state index contributed by atoms with van der Waals surface area (Å²) in [6.07, 6.45) is 0.921. The molecule has 0 bridgehead atoms. The van der Waals surface area contributed by atoms with Crippen molar-refractivity contribution in [3.05, 3.63) is 35.4 Å². The van der Waals surface area contributed by atoms with Gasteiger partial charge in [-0.2, -0.15) is 0 Å². The van der Waals surface area contributed by atoms with Crippen LogP contribution >= 0.6 is 24.0 Å². The number of benzene rings is 1. The lowest BCUT2D eigenvalue weighted by atomic mass is 10.1. The average Bonchev–Trinajstić information content (AvgIpc) is 2.46. The van der Waals surface area contributed by atoms with Crippen molar-refractivity contribution < 1.29 is 9.47 Å². The van der Waals surface area contributed by atoms with E-state index in [2.05, 4.69) is 10.3 Å². The number of hydrogen-bond donors (Lipinski definition) is 2. The molecule has 0 aliphatic heterocycles. The smallest absolute Gasteiger partial charge is 0.188 e. The van der Waals surface area contributed by atoms with Crippen molar-refractivity contribution in [2.75, 3.05) is 26.9 Å². The molecule has 0 aromatic heterocycles.